The molecule has 1 aromatic carbocycles. The maximum atomic E-state index is 13.2. The van der Waals surface area contributed by atoms with Crippen LogP contribution in [0.5, 0.6) is 0 Å². The predicted molar refractivity (Wildman–Crippen MR) is 141 cm³/mol. The largest absolute Gasteiger partial charge is 0.337 e. The highest BCUT2D eigenvalue weighted by molar-refractivity contribution is 6.04. The summed E-state index contributed by atoms with van der Waals surface area (Å²) in [5.74, 6) is 0.243. The van der Waals surface area contributed by atoms with Crippen LogP contribution in [0, 0.1) is 13.8 Å². The lowest BCUT2D eigenvalue weighted by Crippen LogP contribution is -2.36. The first-order valence-corrected chi connectivity index (χ1v) is 12.8. The van der Waals surface area contributed by atoms with Crippen LogP contribution in [0.2, 0.25) is 0 Å². The van der Waals surface area contributed by atoms with Gasteiger partial charge in [0.25, 0.3) is 5.91 Å². The van der Waals surface area contributed by atoms with Crippen LogP contribution in [-0.4, -0.2) is 62.3 Å². The number of hydrogen-bond acceptors (Lipinski definition) is 5. The molecular weight excluding hydrogens is 452 g/mol. The number of nitrogens with one attached hydrogen (secondary N) is 1. The molecule has 0 spiro atoms. The van der Waals surface area contributed by atoms with Crippen LogP contribution in [-0.2, 0) is 11.3 Å². The van der Waals surface area contributed by atoms with E-state index in [-0.39, 0.29) is 17.9 Å². The summed E-state index contributed by atoms with van der Waals surface area (Å²) in [5, 5.41) is 3.08. The minimum atomic E-state index is -0.219. The van der Waals surface area contributed by atoms with Gasteiger partial charge in [-0.15, -0.1) is 0 Å². The minimum Gasteiger partial charge on any atom is -0.337 e. The number of aryl methyl sites for hydroxylation is 2. The molecule has 1 atom stereocenters. The number of amides is 2. The number of imidazole rings is 1. The maximum Gasteiger partial charge on any atom is 0.258 e. The van der Waals surface area contributed by atoms with Crippen molar-refractivity contribution in [3.8, 4) is 0 Å². The lowest BCUT2D eigenvalue weighted by molar-refractivity contribution is -0.126. The van der Waals surface area contributed by atoms with Gasteiger partial charge in [-0.2, -0.15) is 0 Å². The number of fused-ring (bicyclic) bond motifs is 1. The Hall–Kier alpha value is -3.52. The van der Waals surface area contributed by atoms with Gasteiger partial charge >= 0.3 is 0 Å². The number of carbonyl (C=O) groups is 2. The van der Waals surface area contributed by atoms with Gasteiger partial charge in [0.05, 0.1) is 17.1 Å². The van der Waals surface area contributed by atoms with Crippen LogP contribution in [0.1, 0.15) is 58.9 Å². The van der Waals surface area contributed by atoms with E-state index >= 15 is 0 Å². The fourth-order valence-electron chi connectivity index (χ4n) is 5.36. The van der Waals surface area contributed by atoms with Crippen molar-refractivity contribution in [1.29, 1.82) is 0 Å². The van der Waals surface area contributed by atoms with E-state index in [2.05, 4.69) is 45.4 Å². The number of aromatic nitrogens is 3. The molecule has 188 valence electrons. The van der Waals surface area contributed by atoms with E-state index in [9.17, 15) is 9.59 Å². The van der Waals surface area contributed by atoms with E-state index in [1.165, 1.54) is 18.1 Å². The fourth-order valence-corrected chi connectivity index (χ4v) is 5.36. The summed E-state index contributed by atoms with van der Waals surface area (Å²) in [5.41, 5.74) is 5.57. The monoisotopic (exact) mass is 486 g/mol. The van der Waals surface area contributed by atoms with Gasteiger partial charge in [-0.1, -0.05) is 12.6 Å². The third-order valence-electron chi connectivity index (χ3n) is 7.27. The van der Waals surface area contributed by atoms with Gasteiger partial charge < -0.3 is 9.47 Å². The van der Waals surface area contributed by atoms with Gasteiger partial charge in [-0.05, 0) is 88.0 Å². The smallest absolute Gasteiger partial charge is 0.258 e. The second-order valence-electron chi connectivity index (χ2n) is 9.99. The van der Waals surface area contributed by atoms with Gasteiger partial charge in [0.2, 0.25) is 11.9 Å². The Kier molecular flexibility index (Phi) is 6.87. The van der Waals surface area contributed by atoms with Crippen molar-refractivity contribution in [2.75, 3.05) is 31.5 Å². The Labute approximate surface area is 212 Å². The Morgan fingerprint density at radius 1 is 1.14 bits per heavy atom. The summed E-state index contributed by atoms with van der Waals surface area (Å²) < 4.78 is 2.15. The molecule has 5 rings (SSSR count). The first-order chi connectivity index (χ1) is 17.4. The number of anilines is 1. The number of nitrogens with zero attached hydrogens (tertiary/aromatic N) is 5. The molecule has 2 amide bonds. The molecule has 2 fully saturated rings. The first-order valence-electron chi connectivity index (χ1n) is 12.8. The molecule has 0 radical (unpaired) electrons. The zero-order chi connectivity index (χ0) is 25.2. The van der Waals surface area contributed by atoms with Crippen LogP contribution in [0.4, 0.5) is 5.95 Å². The van der Waals surface area contributed by atoms with E-state index < -0.39 is 0 Å². The van der Waals surface area contributed by atoms with Crippen molar-refractivity contribution in [2.45, 2.75) is 52.1 Å². The summed E-state index contributed by atoms with van der Waals surface area (Å²) in [6, 6.07) is 7.86. The molecule has 8 nitrogen and oxygen atoms in total. The Morgan fingerprint density at radius 2 is 1.97 bits per heavy atom. The van der Waals surface area contributed by atoms with Gasteiger partial charge in [-0.3, -0.25) is 24.8 Å². The Balaban J connectivity index is 1.57. The zero-order valence-electron chi connectivity index (χ0n) is 21.2. The summed E-state index contributed by atoms with van der Waals surface area (Å²) in [6.45, 7) is 12.1. The molecule has 2 saturated heterocycles. The van der Waals surface area contributed by atoms with E-state index in [1.807, 2.05) is 11.8 Å². The fraction of sp³-hybridized carbons (Fsp3) is 0.429. The van der Waals surface area contributed by atoms with E-state index in [4.69, 9.17) is 4.98 Å². The van der Waals surface area contributed by atoms with E-state index in [0.717, 1.165) is 61.2 Å². The van der Waals surface area contributed by atoms with E-state index in [0.29, 0.717) is 24.6 Å². The second kappa shape index (κ2) is 10.2. The molecule has 2 aromatic heterocycles. The number of rotatable bonds is 6. The number of carbonyl (C=O) groups excluding carboxylic acids is 2. The highest BCUT2D eigenvalue weighted by Gasteiger charge is 2.27. The Bertz CT molecular complexity index is 1310. The molecule has 1 N–H and O–H groups in total. The third-order valence-corrected chi connectivity index (χ3v) is 7.27. The van der Waals surface area contributed by atoms with Crippen LogP contribution < -0.4 is 5.32 Å². The van der Waals surface area contributed by atoms with Gasteiger partial charge in [0.15, 0.2) is 0 Å². The van der Waals surface area contributed by atoms with E-state index in [1.54, 1.807) is 18.3 Å². The molecule has 1 unspecified atom stereocenters. The second-order valence-corrected chi connectivity index (χ2v) is 9.99. The standard InChI is InChI=1S/C28H34N6O2/c1-4-25(35)33-13-6-5-8-23(18-33)34-26-19(2)14-21(17-32-11-7-12-32)16-24(26)30-28(34)31-27(36)22-9-10-29-20(3)15-22/h4,9-10,14-16,23H,1,5-8,11-13,17-18H2,2-3H3,(H,30,31,36). The lowest BCUT2D eigenvalue weighted by Gasteiger charge is -2.30. The average molecular weight is 487 g/mol. The summed E-state index contributed by atoms with van der Waals surface area (Å²) in [6.07, 6.45) is 7.12. The van der Waals surface area contributed by atoms with Crippen molar-refractivity contribution in [2.24, 2.45) is 0 Å². The van der Waals surface area contributed by atoms with Crippen LogP contribution >= 0.6 is 0 Å². The van der Waals surface area contributed by atoms with Gasteiger partial charge in [0.1, 0.15) is 0 Å². The van der Waals surface area contributed by atoms with Crippen molar-refractivity contribution in [1.82, 2.24) is 24.3 Å². The molecule has 4 heterocycles. The average Bonchev–Trinajstić information content (AvgIpc) is 3.02. The molecule has 36 heavy (non-hydrogen) atoms. The third kappa shape index (κ3) is 4.91. The molecule has 0 saturated carbocycles. The molecule has 0 bridgehead atoms. The van der Waals surface area contributed by atoms with Crippen molar-refractivity contribution in [3.63, 3.8) is 0 Å². The zero-order valence-corrected chi connectivity index (χ0v) is 21.2. The number of hydrogen-bond donors (Lipinski definition) is 1. The van der Waals surface area contributed by atoms with Gasteiger partial charge in [0, 0.05) is 37.1 Å². The van der Waals surface area contributed by atoms with Crippen molar-refractivity contribution >= 4 is 28.8 Å². The van der Waals surface area contributed by atoms with Crippen LogP contribution in [0.25, 0.3) is 11.0 Å². The Morgan fingerprint density at radius 3 is 2.69 bits per heavy atom. The molecular formula is C28H34N6O2. The summed E-state index contributed by atoms with van der Waals surface area (Å²) in [4.78, 5) is 39.2. The number of likely N-dealkylation sites (tertiary alicyclic amines) is 2. The van der Waals surface area contributed by atoms with Crippen LogP contribution in [0.3, 0.4) is 0 Å². The highest BCUT2D eigenvalue weighted by Crippen LogP contribution is 2.33. The molecule has 2 aliphatic heterocycles. The topological polar surface area (TPSA) is 83.4 Å². The van der Waals surface area contributed by atoms with Crippen LogP contribution in [0.15, 0.2) is 43.1 Å². The lowest BCUT2D eigenvalue weighted by atomic mass is 10.1. The van der Waals surface area contributed by atoms with Gasteiger partial charge in [-0.25, -0.2) is 4.98 Å². The molecule has 0 aliphatic carbocycles. The minimum absolute atomic E-state index is 0.00388. The predicted octanol–water partition coefficient (Wildman–Crippen LogP) is 4.25. The normalized spacial score (nSPS) is 18.5. The number of pyridine rings is 1. The summed E-state index contributed by atoms with van der Waals surface area (Å²) >= 11 is 0. The first kappa shape index (κ1) is 24.2. The van der Waals surface area contributed by atoms with Crippen molar-refractivity contribution < 1.29 is 9.59 Å². The molecule has 8 heteroatoms. The summed E-state index contributed by atoms with van der Waals surface area (Å²) in [7, 11) is 0. The highest BCUT2D eigenvalue weighted by atomic mass is 16.2. The maximum absolute atomic E-state index is 13.2. The number of benzene rings is 1. The molecule has 3 aromatic rings. The van der Waals surface area contributed by atoms with Crippen molar-refractivity contribution in [3.05, 3.63) is 65.5 Å². The molecule has 2 aliphatic rings. The SMILES string of the molecule is C=CC(=O)N1CCCCC(n2c(NC(=O)c3ccnc(C)c3)nc3cc(CN4CCC4)cc(C)c32)C1. The quantitative estimate of drug-likeness (QED) is 0.527.